The molecule has 0 saturated carbocycles. The van der Waals surface area contributed by atoms with Crippen molar-refractivity contribution >= 4 is 43.6 Å². The second kappa shape index (κ2) is 7.68. The molecule has 0 saturated heterocycles. The Bertz CT molecular complexity index is 2250. The van der Waals surface area contributed by atoms with E-state index < -0.39 is 0 Å². The number of hydrogen-bond acceptors (Lipinski definition) is 1. The Hall–Kier alpha value is -5.15. The zero-order valence-corrected chi connectivity index (χ0v) is 21.2. The third-order valence-corrected chi connectivity index (χ3v) is 8.33. The van der Waals surface area contributed by atoms with Gasteiger partial charge in [-0.3, -0.25) is 4.57 Å². The molecular weight excluding hydrogens is 474 g/mol. The van der Waals surface area contributed by atoms with E-state index in [9.17, 15) is 0 Å². The second-order valence-electron chi connectivity index (χ2n) is 10.4. The fourth-order valence-corrected chi connectivity index (χ4v) is 6.67. The summed E-state index contributed by atoms with van der Waals surface area (Å²) in [6.07, 6.45) is 0.943. The van der Waals surface area contributed by atoms with Crippen molar-refractivity contribution in [2.75, 3.05) is 0 Å². The summed E-state index contributed by atoms with van der Waals surface area (Å²) in [5, 5.41) is 4.98. The van der Waals surface area contributed by atoms with E-state index in [4.69, 9.17) is 4.98 Å². The average molecular weight is 498 g/mol. The van der Waals surface area contributed by atoms with Crippen LogP contribution in [0.5, 0.6) is 0 Å². The van der Waals surface area contributed by atoms with Gasteiger partial charge >= 0.3 is 0 Å². The van der Waals surface area contributed by atoms with Crippen molar-refractivity contribution < 1.29 is 0 Å². The number of hydrogen-bond donors (Lipinski definition) is 0. The van der Waals surface area contributed by atoms with Crippen LogP contribution in [0.2, 0.25) is 0 Å². The standard InChI is InChI=1S/C36H23N3/c1-2-11-25(12-3-1)38-31-16-8-6-14-27(31)29-19-20-30-28-15-7-9-17-32(28)39(36(30)35(29)38)33-21-18-24-22-23-10-4-5-13-26(23)34(24)37-33/h1-21H,22H2. The molecule has 39 heavy (non-hydrogen) atoms. The van der Waals surface area contributed by atoms with E-state index in [0.29, 0.717) is 0 Å². The molecule has 182 valence electrons. The Labute approximate surface area is 225 Å². The summed E-state index contributed by atoms with van der Waals surface area (Å²) in [6, 6.07) is 45.9. The van der Waals surface area contributed by atoms with Gasteiger partial charge in [-0.2, -0.15) is 0 Å². The fraction of sp³-hybridized carbons (Fsp3) is 0.0278. The summed E-state index contributed by atoms with van der Waals surface area (Å²) < 4.78 is 4.80. The maximum atomic E-state index is 5.35. The van der Waals surface area contributed by atoms with Crippen molar-refractivity contribution in [2.45, 2.75) is 6.42 Å². The molecule has 0 bridgehead atoms. The molecule has 9 rings (SSSR count). The number of pyridine rings is 1. The summed E-state index contributed by atoms with van der Waals surface area (Å²) in [7, 11) is 0. The van der Waals surface area contributed by atoms with Gasteiger partial charge in [0.05, 0.1) is 27.8 Å². The predicted octanol–water partition coefficient (Wildman–Crippen LogP) is 8.85. The van der Waals surface area contributed by atoms with Crippen molar-refractivity contribution in [3.63, 3.8) is 0 Å². The van der Waals surface area contributed by atoms with E-state index in [0.717, 1.165) is 23.6 Å². The van der Waals surface area contributed by atoms with Gasteiger partial charge in [-0.05, 0) is 41.5 Å². The van der Waals surface area contributed by atoms with Crippen LogP contribution < -0.4 is 0 Å². The van der Waals surface area contributed by atoms with Crippen LogP contribution in [-0.2, 0) is 6.42 Å². The Kier molecular flexibility index (Phi) is 4.11. The highest BCUT2D eigenvalue weighted by molar-refractivity contribution is 6.23. The van der Waals surface area contributed by atoms with Crippen molar-refractivity contribution in [1.82, 2.24) is 14.1 Å². The van der Waals surface area contributed by atoms with Gasteiger partial charge in [-0.25, -0.2) is 4.98 Å². The highest BCUT2D eigenvalue weighted by Crippen LogP contribution is 2.42. The monoisotopic (exact) mass is 497 g/mol. The highest BCUT2D eigenvalue weighted by atomic mass is 15.1. The van der Waals surface area contributed by atoms with Gasteiger partial charge in [0.25, 0.3) is 0 Å². The first-order valence-corrected chi connectivity index (χ1v) is 13.5. The SMILES string of the molecule is c1ccc(-n2c3ccccc3c3ccc4c5ccccc5n(-c5ccc6c(n5)-c5ccccc5C6)c4c32)cc1. The molecule has 1 aliphatic rings. The van der Waals surface area contributed by atoms with Crippen LogP contribution in [0.3, 0.4) is 0 Å². The molecule has 3 heteroatoms. The summed E-state index contributed by atoms with van der Waals surface area (Å²) in [5.41, 5.74) is 10.9. The third-order valence-electron chi connectivity index (χ3n) is 8.33. The van der Waals surface area contributed by atoms with E-state index in [2.05, 4.69) is 137 Å². The molecule has 0 atom stereocenters. The summed E-state index contributed by atoms with van der Waals surface area (Å²) in [6.45, 7) is 0. The maximum Gasteiger partial charge on any atom is 0.138 e. The van der Waals surface area contributed by atoms with Gasteiger partial charge in [-0.15, -0.1) is 0 Å². The van der Waals surface area contributed by atoms with Crippen LogP contribution in [0, 0.1) is 0 Å². The molecule has 0 N–H and O–H groups in total. The smallest absolute Gasteiger partial charge is 0.138 e. The van der Waals surface area contributed by atoms with Crippen molar-refractivity contribution in [1.29, 1.82) is 0 Å². The van der Waals surface area contributed by atoms with Crippen LogP contribution in [0.25, 0.3) is 66.4 Å². The molecule has 0 aliphatic heterocycles. The molecule has 3 aromatic heterocycles. The lowest BCUT2D eigenvalue weighted by molar-refractivity contribution is 1.07. The number of para-hydroxylation sites is 3. The molecule has 3 heterocycles. The largest absolute Gasteiger partial charge is 0.307 e. The summed E-state index contributed by atoms with van der Waals surface area (Å²) in [4.78, 5) is 5.35. The topological polar surface area (TPSA) is 22.8 Å². The molecule has 8 aromatic rings. The normalized spacial score (nSPS) is 12.5. The van der Waals surface area contributed by atoms with Gasteiger partial charge in [0.1, 0.15) is 5.82 Å². The van der Waals surface area contributed by atoms with Gasteiger partial charge in [0.2, 0.25) is 0 Å². The van der Waals surface area contributed by atoms with Crippen LogP contribution in [0.15, 0.2) is 127 Å². The molecule has 0 spiro atoms. The number of fused-ring (bicyclic) bond motifs is 10. The lowest BCUT2D eigenvalue weighted by atomic mass is 10.1. The lowest BCUT2D eigenvalue weighted by Crippen LogP contribution is -2.01. The molecule has 5 aromatic carbocycles. The van der Waals surface area contributed by atoms with Crippen LogP contribution in [-0.4, -0.2) is 14.1 Å². The fourth-order valence-electron chi connectivity index (χ4n) is 6.67. The molecule has 0 amide bonds. The molecule has 1 aliphatic carbocycles. The first-order chi connectivity index (χ1) is 19.4. The Morgan fingerprint density at radius 2 is 1.08 bits per heavy atom. The quantitative estimate of drug-likeness (QED) is 0.234. The van der Waals surface area contributed by atoms with Gasteiger partial charge < -0.3 is 4.57 Å². The van der Waals surface area contributed by atoms with Gasteiger partial charge in [-0.1, -0.05) is 97.1 Å². The molecule has 0 fully saturated rings. The van der Waals surface area contributed by atoms with E-state index in [1.807, 2.05) is 0 Å². The van der Waals surface area contributed by atoms with Crippen LogP contribution in [0.4, 0.5) is 0 Å². The van der Waals surface area contributed by atoms with Crippen molar-refractivity contribution in [3.05, 3.63) is 139 Å². The molecule has 0 radical (unpaired) electrons. The Morgan fingerprint density at radius 3 is 1.85 bits per heavy atom. The molecule has 0 unspecified atom stereocenters. The predicted molar refractivity (Wildman–Crippen MR) is 161 cm³/mol. The number of nitrogens with zero attached hydrogens (tertiary/aromatic N) is 3. The van der Waals surface area contributed by atoms with Crippen LogP contribution in [0.1, 0.15) is 11.1 Å². The molecular formula is C36H23N3. The zero-order valence-electron chi connectivity index (χ0n) is 21.2. The summed E-state index contributed by atoms with van der Waals surface area (Å²) >= 11 is 0. The zero-order chi connectivity index (χ0) is 25.5. The van der Waals surface area contributed by atoms with E-state index >= 15 is 0 Å². The van der Waals surface area contributed by atoms with Crippen LogP contribution >= 0.6 is 0 Å². The Balaban J connectivity index is 1.48. The highest BCUT2D eigenvalue weighted by Gasteiger charge is 2.24. The van der Waals surface area contributed by atoms with Gasteiger partial charge in [0, 0.05) is 39.2 Å². The number of rotatable bonds is 2. The first kappa shape index (κ1) is 20.9. The summed E-state index contributed by atoms with van der Waals surface area (Å²) in [5.74, 6) is 0.953. The van der Waals surface area contributed by atoms with Crippen molar-refractivity contribution in [2.24, 2.45) is 0 Å². The average Bonchev–Trinajstić information content (AvgIpc) is 3.65. The van der Waals surface area contributed by atoms with E-state index in [1.54, 1.807) is 0 Å². The van der Waals surface area contributed by atoms with E-state index in [1.165, 1.54) is 60.3 Å². The van der Waals surface area contributed by atoms with Crippen molar-refractivity contribution in [3.8, 4) is 22.8 Å². The minimum absolute atomic E-state index is 0.943. The molecule has 3 nitrogen and oxygen atoms in total. The number of benzene rings is 5. The lowest BCUT2D eigenvalue weighted by Gasteiger charge is -2.13. The second-order valence-corrected chi connectivity index (χ2v) is 10.4. The maximum absolute atomic E-state index is 5.35. The third kappa shape index (κ3) is 2.79. The van der Waals surface area contributed by atoms with E-state index in [-0.39, 0.29) is 0 Å². The number of aromatic nitrogens is 3. The minimum atomic E-state index is 0.943. The van der Waals surface area contributed by atoms with Gasteiger partial charge in [0.15, 0.2) is 0 Å². The minimum Gasteiger partial charge on any atom is -0.307 e. The first-order valence-electron chi connectivity index (χ1n) is 13.5. The Morgan fingerprint density at radius 1 is 0.462 bits per heavy atom.